The van der Waals surface area contributed by atoms with Crippen molar-refractivity contribution in [2.45, 2.75) is 39.5 Å². The fourth-order valence-electron chi connectivity index (χ4n) is 1.82. The van der Waals surface area contributed by atoms with E-state index < -0.39 is 0 Å². The van der Waals surface area contributed by atoms with Crippen LogP contribution in [-0.4, -0.2) is 77.8 Å². The summed E-state index contributed by atoms with van der Waals surface area (Å²) in [7, 11) is 0. The van der Waals surface area contributed by atoms with E-state index in [-0.39, 0.29) is 11.9 Å². The Kier molecular flexibility index (Phi) is 19.2. The number of rotatable bonds is 19. The second kappa shape index (κ2) is 20.1. The minimum atomic E-state index is -0.167. The summed E-state index contributed by atoms with van der Waals surface area (Å²) in [4.78, 5) is 22.5. The predicted molar refractivity (Wildman–Crippen MR) is 99.1 cm³/mol. The van der Waals surface area contributed by atoms with E-state index in [1.54, 1.807) is 0 Å². The third kappa shape index (κ3) is 19.1. The molecule has 0 bridgehead atoms. The van der Waals surface area contributed by atoms with Crippen molar-refractivity contribution in [1.82, 2.24) is 10.6 Å². The number of esters is 2. The fraction of sp³-hybridized carbons (Fsp3) is 0.889. The van der Waals surface area contributed by atoms with Gasteiger partial charge in [0.1, 0.15) is 0 Å². The number of carbonyl (C=O) groups is 2. The smallest absolute Gasteiger partial charge is 0.307 e. The van der Waals surface area contributed by atoms with Crippen LogP contribution in [0.3, 0.4) is 0 Å². The van der Waals surface area contributed by atoms with E-state index in [9.17, 15) is 9.59 Å². The van der Waals surface area contributed by atoms with E-state index >= 15 is 0 Å². The zero-order valence-electron chi connectivity index (χ0n) is 16.3. The molecule has 0 amide bonds. The maximum atomic E-state index is 11.2. The Balaban J connectivity index is 3.13. The van der Waals surface area contributed by atoms with Crippen LogP contribution >= 0.6 is 0 Å². The van der Waals surface area contributed by atoms with Gasteiger partial charge in [0, 0.05) is 26.2 Å². The second-order valence-electron chi connectivity index (χ2n) is 5.67. The van der Waals surface area contributed by atoms with Gasteiger partial charge in [-0.1, -0.05) is 13.8 Å². The summed E-state index contributed by atoms with van der Waals surface area (Å²) in [6.07, 6.45) is 2.45. The molecule has 154 valence electrons. The second-order valence-corrected chi connectivity index (χ2v) is 5.67. The van der Waals surface area contributed by atoms with Crippen molar-refractivity contribution >= 4 is 11.9 Å². The third-order valence-electron chi connectivity index (χ3n) is 3.16. The van der Waals surface area contributed by atoms with Gasteiger partial charge in [0.15, 0.2) is 0 Å². The Hall–Kier alpha value is -1.22. The Labute approximate surface area is 157 Å². The molecule has 0 radical (unpaired) electrons. The van der Waals surface area contributed by atoms with Gasteiger partial charge in [-0.3, -0.25) is 9.59 Å². The highest BCUT2D eigenvalue weighted by Gasteiger charge is 2.01. The van der Waals surface area contributed by atoms with Crippen LogP contribution in [0.5, 0.6) is 0 Å². The predicted octanol–water partition coefficient (Wildman–Crippen LogP) is 0.885. The lowest BCUT2D eigenvalue weighted by atomic mass is 10.4. The lowest BCUT2D eigenvalue weighted by Crippen LogP contribution is -2.25. The van der Waals surface area contributed by atoms with E-state index in [4.69, 9.17) is 18.9 Å². The number of hydrogen-bond acceptors (Lipinski definition) is 8. The average molecular weight is 376 g/mol. The summed E-state index contributed by atoms with van der Waals surface area (Å²) in [5, 5.41) is 6.25. The Bertz CT molecular complexity index is 310. The minimum absolute atomic E-state index is 0.167. The van der Waals surface area contributed by atoms with Crippen molar-refractivity contribution in [3.63, 3.8) is 0 Å². The summed E-state index contributed by atoms with van der Waals surface area (Å²) in [6.45, 7) is 9.70. The van der Waals surface area contributed by atoms with Crippen molar-refractivity contribution < 1.29 is 28.5 Å². The lowest BCUT2D eigenvalue weighted by molar-refractivity contribution is -0.144. The molecular weight excluding hydrogens is 340 g/mol. The van der Waals surface area contributed by atoms with Gasteiger partial charge in [-0.15, -0.1) is 0 Å². The summed E-state index contributed by atoms with van der Waals surface area (Å²) in [5.41, 5.74) is 0. The van der Waals surface area contributed by atoms with E-state index in [2.05, 4.69) is 10.6 Å². The Morgan fingerprint density at radius 1 is 0.615 bits per heavy atom. The van der Waals surface area contributed by atoms with Gasteiger partial charge in [0.25, 0.3) is 0 Å². The van der Waals surface area contributed by atoms with E-state index in [1.807, 2.05) is 13.8 Å². The van der Waals surface area contributed by atoms with Crippen LogP contribution in [0.4, 0.5) is 0 Å². The van der Waals surface area contributed by atoms with Crippen LogP contribution < -0.4 is 10.6 Å². The SMILES string of the molecule is CCCOC(=O)CCNCCOCCOCCNCCC(=O)OCCC. The molecule has 0 aliphatic rings. The summed E-state index contributed by atoms with van der Waals surface area (Å²) in [5.74, 6) is -0.333. The number of ether oxygens (including phenoxy) is 4. The quantitative estimate of drug-likeness (QED) is 0.253. The molecule has 0 unspecified atom stereocenters. The van der Waals surface area contributed by atoms with Crippen LogP contribution in [0.2, 0.25) is 0 Å². The molecule has 0 aromatic rings. The molecule has 0 aromatic heterocycles. The maximum Gasteiger partial charge on any atom is 0.307 e. The van der Waals surface area contributed by atoms with Gasteiger partial charge in [0.05, 0.1) is 52.5 Å². The first-order chi connectivity index (χ1) is 12.7. The van der Waals surface area contributed by atoms with E-state index in [1.165, 1.54) is 0 Å². The topological polar surface area (TPSA) is 95.1 Å². The highest BCUT2D eigenvalue weighted by atomic mass is 16.5. The normalized spacial score (nSPS) is 10.7. The first-order valence-corrected chi connectivity index (χ1v) is 9.58. The molecule has 0 fully saturated rings. The standard InChI is InChI=1S/C18H36N2O6/c1-3-11-25-17(21)5-7-19-9-13-23-15-16-24-14-10-20-8-6-18(22)26-12-4-2/h19-20H,3-16H2,1-2H3. The van der Waals surface area contributed by atoms with Gasteiger partial charge in [-0.25, -0.2) is 0 Å². The summed E-state index contributed by atoms with van der Waals surface area (Å²) >= 11 is 0. The Morgan fingerprint density at radius 3 is 1.42 bits per heavy atom. The number of hydrogen-bond donors (Lipinski definition) is 2. The first-order valence-electron chi connectivity index (χ1n) is 9.58. The average Bonchev–Trinajstić information content (AvgIpc) is 2.64. The molecule has 0 heterocycles. The molecule has 8 heteroatoms. The molecule has 0 atom stereocenters. The fourth-order valence-corrected chi connectivity index (χ4v) is 1.82. The van der Waals surface area contributed by atoms with Crippen LogP contribution in [0.1, 0.15) is 39.5 Å². The molecule has 26 heavy (non-hydrogen) atoms. The van der Waals surface area contributed by atoms with Crippen molar-refractivity contribution in [3.8, 4) is 0 Å². The zero-order valence-corrected chi connectivity index (χ0v) is 16.3. The molecule has 2 N–H and O–H groups in total. The molecule has 0 aromatic carbocycles. The van der Waals surface area contributed by atoms with Gasteiger partial charge < -0.3 is 29.6 Å². The monoisotopic (exact) mass is 376 g/mol. The van der Waals surface area contributed by atoms with Gasteiger partial charge in [-0.05, 0) is 12.8 Å². The lowest BCUT2D eigenvalue weighted by Gasteiger charge is -2.08. The van der Waals surface area contributed by atoms with Gasteiger partial charge in [-0.2, -0.15) is 0 Å². The van der Waals surface area contributed by atoms with Gasteiger partial charge >= 0.3 is 11.9 Å². The first kappa shape index (κ1) is 24.8. The van der Waals surface area contributed by atoms with Crippen molar-refractivity contribution in [2.24, 2.45) is 0 Å². The molecule has 0 aliphatic heterocycles. The Morgan fingerprint density at radius 2 is 1.04 bits per heavy atom. The van der Waals surface area contributed by atoms with Gasteiger partial charge in [0.2, 0.25) is 0 Å². The molecule has 0 spiro atoms. The molecule has 8 nitrogen and oxygen atoms in total. The largest absolute Gasteiger partial charge is 0.466 e. The summed E-state index contributed by atoms with van der Waals surface area (Å²) in [6, 6.07) is 0. The molecule has 0 aliphatic carbocycles. The molecule has 0 saturated heterocycles. The van der Waals surface area contributed by atoms with Crippen LogP contribution in [-0.2, 0) is 28.5 Å². The van der Waals surface area contributed by atoms with Crippen molar-refractivity contribution in [1.29, 1.82) is 0 Å². The molecular formula is C18H36N2O6. The minimum Gasteiger partial charge on any atom is -0.466 e. The maximum absolute atomic E-state index is 11.2. The van der Waals surface area contributed by atoms with E-state index in [0.29, 0.717) is 78.7 Å². The zero-order chi connectivity index (χ0) is 19.3. The number of carbonyl (C=O) groups excluding carboxylic acids is 2. The van der Waals surface area contributed by atoms with Crippen LogP contribution in [0.25, 0.3) is 0 Å². The third-order valence-corrected chi connectivity index (χ3v) is 3.16. The number of nitrogens with one attached hydrogen (secondary N) is 2. The summed E-state index contributed by atoms with van der Waals surface area (Å²) < 4.78 is 20.8. The molecule has 0 saturated carbocycles. The highest BCUT2D eigenvalue weighted by molar-refractivity contribution is 5.69. The van der Waals surface area contributed by atoms with Crippen LogP contribution in [0, 0.1) is 0 Å². The van der Waals surface area contributed by atoms with E-state index in [0.717, 1.165) is 12.8 Å². The van der Waals surface area contributed by atoms with Crippen molar-refractivity contribution in [3.05, 3.63) is 0 Å². The van der Waals surface area contributed by atoms with Crippen molar-refractivity contribution in [2.75, 3.05) is 65.8 Å². The molecule has 0 rings (SSSR count). The van der Waals surface area contributed by atoms with Crippen LogP contribution in [0.15, 0.2) is 0 Å². The highest BCUT2D eigenvalue weighted by Crippen LogP contribution is 1.88.